The van der Waals surface area contributed by atoms with E-state index in [1.54, 1.807) is 14.2 Å². The molecule has 0 bridgehead atoms. The molecule has 1 heterocycles. The lowest BCUT2D eigenvalue weighted by Crippen LogP contribution is -2.04. The van der Waals surface area contributed by atoms with Crippen LogP contribution in [0.3, 0.4) is 0 Å². The van der Waals surface area contributed by atoms with E-state index in [0.29, 0.717) is 6.61 Å². The average Bonchev–Trinajstić information content (AvgIpc) is 3.21. The lowest BCUT2D eigenvalue weighted by atomic mass is 10.1. The zero-order chi connectivity index (χ0) is 23.2. The quantitative estimate of drug-likeness (QED) is 0.235. The van der Waals surface area contributed by atoms with Gasteiger partial charge in [0, 0.05) is 11.3 Å². The monoisotopic (exact) mass is 440 g/mol. The van der Waals surface area contributed by atoms with Crippen LogP contribution in [0.15, 0.2) is 90.1 Å². The van der Waals surface area contributed by atoms with Crippen molar-refractivity contribution in [2.45, 2.75) is 20.5 Å². The van der Waals surface area contributed by atoms with Crippen LogP contribution in [0.5, 0.6) is 11.5 Å². The molecule has 0 atom stereocenters. The van der Waals surface area contributed by atoms with Crippen LogP contribution in [0.2, 0.25) is 0 Å². The summed E-state index contributed by atoms with van der Waals surface area (Å²) in [6.07, 6.45) is 0. The van der Waals surface area contributed by atoms with Crippen LogP contribution in [0, 0.1) is 6.92 Å². The Bertz CT molecular complexity index is 1240. The van der Waals surface area contributed by atoms with Crippen molar-refractivity contribution in [3.8, 4) is 28.4 Å². The maximum absolute atomic E-state index is 5.68. The summed E-state index contributed by atoms with van der Waals surface area (Å²) < 4.78 is 13.1. The van der Waals surface area contributed by atoms with E-state index in [0.717, 1.165) is 51.0 Å². The minimum absolute atomic E-state index is 0.388. The third-order valence-corrected chi connectivity index (χ3v) is 5.62. The first-order chi connectivity index (χ1) is 16.1. The predicted molar refractivity (Wildman–Crippen MR) is 132 cm³/mol. The summed E-state index contributed by atoms with van der Waals surface area (Å²) >= 11 is 0. The molecule has 0 spiro atoms. The Balaban J connectivity index is 1.69. The molecule has 0 amide bonds. The molecule has 0 radical (unpaired) electrons. The van der Waals surface area contributed by atoms with Crippen LogP contribution in [0.1, 0.15) is 23.7 Å². The van der Waals surface area contributed by atoms with Gasteiger partial charge in [0.25, 0.3) is 0 Å². The molecule has 0 aliphatic heterocycles. The highest BCUT2D eigenvalue weighted by molar-refractivity contribution is 6.01. The third-order valence-electron chi connectivity index (χ3n) is 5.62. The number of hydrogen-bond acceptors (Lipinski definition) is 4. The van der Waals surface area contributed by atoms with Crippen molar-refractivity contribution in [3.05, 3.63) is 102 Å². The third kappa shape index (κ3) is 4.77. The molecule has 168 valence electrons. The average molecular weight is 441 g/mol. The van der Waals surface area contributed by atoms with Crippen LogP contribution in [-0.2, 0) is 11.4 Å². The lowest BCUT2D eigenvalue weighted by Gasteiger charge is -2.15. The van der Waals surface area contributed by atoms with E-state index in [-0.39, 0.29) is 0 Å². The van der Waals surface area contributed by atoms with Gasteiger partial charge >= 0.3 is 0 Å². The molecule has 0 fully saturated rings. The number of ether oxygens (including phenoxy) is 2. The Morgan fingerprint density at radius 2 is 1.55 bits per heavy atom. The van der Waals surface area contributed by atoms with Gasteiger partial charge in [0.2, 0.25) is 0 Å². The van der Waals surface area contributed by atoms with E-state index in [1.807, 2.05) is 67.6 Å². The molecule has 0 unspecified atom stereocenters. The Labute approximate surface area is 194 Å². The molecule has 4 aromatic rings. The number of aromatic nitrogens is 1. The molecule has 0 saturated carbocycles. The minimum atomic E-state index is 0.388. The number of nitrogens with zero attached hydrogens (tertiary/aromatic N) is 2. The van der Waals surface area contributed by atoms with Crippen molar-refractivity contribution < 1.29 is 14.3 Å². The van der Waals surface area contributed by atoms with E-state index in [2.05, 4.69) is 40.9 Å². The molecule has 1 aromatic heterocycles. The summed E-state index contributed by atoms with van der Waals surface area (Å²) in [7, 11) is 3.35. The first-order valence-electron chi connectivity index (χ1n) is 10.8. The summed E-state index contributed by atoms with van der Waals surface area (Å²) in [6.45, 7) is 4.45. The number of methoxy groups -OCH3 is 2. The number of rotatable bonds is 8. The van der Waals surface area contributed by atoms with Crippen LogP contribution >= 0.6 is 0 Å². The highest BCUT2D eigenvalue weighted by Gasteiger charge is 2.19. The molecule has 33 heavy (non-hydrogen) atoms. The summed E-state index contributed by atoms with van der Waals surface area (Å²) in [5.74, 6) is 1.63. The van der Waals surface area contributed by atoms with Gasteiger partial charge in [-0.2, -0.15) is 0 Å². The summed E-state index contributed by atoms with van der Waals surface area (Å²) in [5.41, 5.74) is 7.09. The van der Waals surface area contributed by atoms with Crippen molar-refractivity contribution in [1.29, 1.82) is 0 Å². The SMILES string of the molecule is COc1ccc(CO/N=C(/C)c2cc(-c3ccccc3)n(-c3ccccc3OC)c2C)cc1. The van der Waals surface area contributed by atoms with Crippen LogP contribution < -0.4 is 9.47 Å². The summed E-state index contributed by atoms with van der Waals surface area (Å²) in [6, 6.07) is 28.3. The fourth-order valence-electron chi connectivity index (χ4n) is 3.89. The van der Waals surface area contributed by atoms with Gasteiger partial charge < -0.3 is 18.9 Å². The molecule has 0 aliphatic carbocycles. The van der Waals surface area contributed by atoms with Gasteiger partial charge in [-0.3, -0.25) is 0 Å². The van der Waals surface area contributed by atoms with Gasteiger partial charge in [0.15, 0.2) is 0 Å². The molecule has 0 N–H and O–H groups in total. The van der Waals surface area contributed by atoms with Crippen molar-refractivity contribution in [3.63, 3.8) is 0 Å². The Hall–Kier alpha value is -3.99. The largest absolute Gasteiger partial charge is 0.497 e. The van der Waals surface area contributed by atoms with E-state index < -0.39 is 0 Å². The minimum Gasteiger partial charge on any atom is -0.497 e. The van der Waals surface area contributed by atoms with Gasteiger partial charge in [-0.05, 0) is 55.3 Å². The number of benzene rings is 3. The van der Waals surface area contributed by atoms with Gasteiger partial charge in [-0.15, -0.1) is 0 Å². The standard InChI is InChI=1S/C28H28N2O3/c1-20(29-33-19-22-14-16-24(31-3)17-15-22)25-18-27(23-10-6-5-7-11-23)30(21(25)2)26-12-8-9-13-28(26)32-4/h5-18H,19H2,1-4H3/b29-20-. The zero-order valence-corrected chi connectivity index (χ0v) is 19.4. The molecule has 5 nitrogen and oxygen atoms in total. The fraction of sp³-hybridized carbons (Fsp3) is 0.179. The highest BCUT2D eigenvalue weighted by atomic mass is 16.6. The lowest BCUT2D eigenvalue weighted by molar-refractivity contribution is 0.130. The zero-order valence-electron chi connectivity index (χ0n) is 19.4. The second-order valence-corrected chi connectivity index (χ2v) is 7.70. The molecule has 3 aromatic carbocycles. The fourth-order valence-corrected chi connectivity index (χ4v) is 3.89. The number of oxime groups is 1. The van der Waals surface area contributed by atoms with E-state index >= 15 is 0 Å². The van der Waals surface area contributed by atoms with Crippen LogP contribution in [-0.4, -0.2) is 24.5 Å². The van der Waals surface area contributed by atoms with Gasteiger partial charge in [-0.1, -0.05) is 59.8 Å². The molecular weight excluding hydrogens is 412 g/mol. The molecule has 0 aliphatic rings. The van der Waals surface area contributed by atoms with Gasteiger partial charge in [0.05, 0.1) is 31.3 Å². The Kier molecular flexibility index (Phi) is 6.79. The number of hydrogen-bond donors (Lipinski definition) is 0. The van der Waals surface area contributed by atoms with Crippen LogP contribution in [0.25, 0.3) is 16.9 Å². The van der Waals surface area contributed by atoms with Gasteiger partial charge in [-0.25, -0.2) is 0 Å². The normalized spacial score (nSPS) is 11.3. The molecule has 0 saturated heterocycles. The summed E-state index contributed by atoms with van der Waals surface area (Å²) in [4.78, 5) is 5.68. The highest BCUT2D eigenvalue weighted by Crippen LogP contribution is 2.33. The maximum Gasteiger partial charge on any atom is 0.142 e. The van der Waals surface area contributed by atoms with Crippen molar-refractivity contribution >= 4 is 5.71 Å². The van der Waals surface area contributed by atoms with E-state index in [1.165, 1.54) is 0 Å². The van der Waals surface area contributed by atoms with E-state index in [4.69, 9.17) is 14.3 Å². The predicted octanol–water partition coefficient (Wildman–Crippen LogP) is 6.41. The van der Waals surface area contributed by atoms with Crippen molar-refractivity contribution in [1.82, 2.24) is 4.57 Å². The molecule has 4 rings (SSSR count). The number of para-hydroxylation sites is 2. The summed E-state index contributed by atoms with van der Waals surface area (Å²) in [5, 5.41) is 4.42. The second kappa shape index (κ2) is 10.1. The Morgan fingerprint density at radius 1 is 0.848 bits per heavy atom. The van der Waals surface area contributed by atoms with Crippen molar-refractivity contribution in [2.75, 3.05) is 14.2 Å². The smallest absolute Gasteiger partial charge is 0.142 e. The first-order valence-corrected chi connectivity index (χ1v) is 10.8. The second-order valence-electron chi connectivity index (χ2n) is 7.70. The molecule has 5 heteroatoms. The molecular formula is C28H28N2O3. The first kappa shape index (κ1) is 22.2. The van der Waals surface area contributed by atoms with Crippen LogP contribution in [0.4, 0.5) is 0 Å². The topological polar surface area (TPSA) is 45.0 Å². The van der Waals surface area contributed by atoms with Crippen molar-refractivity contribution in [2.24, 2.45) is 5.16 Å². The van der Waals surface area contributed by atoms with Gasteiger partial charge in [0.1, 0.15) is 18.1 Å². The Morgan fingerprint density at radius 3 is 2.24 bits per heavy atom. The van der Waals surface area contributed by atoms with E-state index in [9.17, 15) is 0 Å². The maximum atomic E-state index is 5.68.